The monoisotopic (exact) mass is 265 g/mol. The number of amides is 1. The topological polar surface area (TPSA) is 29.1 Å². The lowest BCUT2D eigenvalue weighted by atomic mass is 10.1. The third kappa shape index (κ3) is 5.08. The maximum Gasteiger partial charge on any atom is 0.390 e. The summed E-state index contributed by atoms with van der Waals surface area (Å²) in [5, 5.41) is 2.20. The van der Waals surface area contributed by atoms with Crippen LogP contribution in [0.4, 0.5) is 13.2 Å². The zero-order chi connectivity index (χ0) is 12.9. The highest BCUT2D eigenvalue weighted by molar-refractivity contribution is 6.17. The van der Waals surface area contributed by atoms with E-state index in [1.807, 2.05) is 0 Å². The van der Waals surface area contributed by atoms with Gasteiger partial charge in [-0.25, -0.2) is 0 Å². The van der Waals surface area contributed by atoms with Gasteiger partial charge in [0.05, 0.1) is 6.42 Å². The molecular weight excluding hydrogens is 255 g/mol. The fourth-order valence-electron chi connectivity index (χ4n) is 1.17. The van der Waals surface area contributed by atoms with Gasteiger partial charge in [0, 0.05) is 18.0 Å². The fraction of sp³-hybridized carbons (Fsp3) is 0.364. The molecule has 0 fully saturated rings. The van der Waals surface area contributed by atoms with Gasteiger partial charge in [-0.05, 0) is 17.7 Å². The molecule has 1 aromatic rings. The lowest BCUT2D eigenvalue weighted by Gasteiger charge is -2.08. The molecule has 0 aliphatic rings. The average molecular weight is 266 g/mol. The van der Waals surface area contributed by atoms with E-state index in [0.717, 1.165) is 5.56 Å². The van der Waals surface area contributed by atoms with Gasteiger partial charge in [-0.2, -0.15) is 13.2 Å². The van der Waals surface area contributed by atoms with Crippen LogP contribution in [0.5, 0.6) is 0 Å². The Labute approximate surface area is 102 Å². The first-order valence-corrected chi connectivity index (χ1v) is 5.45. The minimum Gasteiger partial charge on any atom is -0.352 e. The van der Waals surface area contributed by atoms with Crippen molar-refractivity contribution in [2.45, 2.75) is 18.5 Å². The van der Waals surface area contributed by atoms with Gasteiger partial charge in [-0.3, -0.25) is 4.79 Å². The SMILES string of the molecule is O=C(NCCC(F)(F)F)c1ccc(CCl)cc1. The summed E-state index contributed by atoms with van der Waals surface area (Å²) in [5.74, 6) is -0.189. The third-order valence-electron chi connectivity index (χ3n) is 2.06. The van der Waals surface area contributed by atoms with Crippen molar-refractivity contribution in [2.75, 3.05) is 6.54 Å². The molecule has 1 amide bonds. The van der Waals surface area contributed by atoms with Crippen molar-refractivity contribution in [1.82, 2.24) is 5.32 Å². The smallest absolute Gasteiger partial charge is 0.352 e. The Kier molecular flexibility index (Phi) is 4.81. The number of nitrogens with one attached hydrogen (secondary N) is 1. The molecule has 94 valence electrons. The summed E-state index contributed by atoms with van der Waals surface area (Å²) in [7, 11) is 0. The van der Waals surface area contributed by atoms with Crippen molar-refractivity contribution >= 4 is 17.5 Å². The maximum absolute atomic E-state index is 11.8. The van der Waals surface area contributed by atoms with Crippen LogP contribution in [-0.2, 0) is 5.88 Å². The normalized spacial score (nSPS) is 11.3. The predicted octanol–water partition coefficient (Wildman–Crippen LogP) is 3.11. The second-order valence-corrected chi connectivity index (χ2v) is 3.72. The highest BCUT2D eigenvalue weighted by Crippen LogP contribution is 2.18. The lowest BCUT2D eigenvalue weighted by molar-refractivity contribution is -0.132. The summed E-state index contributed by atoms with van der Waals surface area (Å²) in [5.41, 5.74) is 1.17. The van der Waals surface area contributed by atoms with Crippen molar-refractivity contribution in [3.8, 4) is 0 Å². The van der Waals surface area contributed by atoms with Gasteiger partial charge in [0.2, 0.25) is 0 Å². The van der Waals surface area contributed by atoms with Crippen molar-refractivity contribution in [2.24, 2.45) is 0 Å². The molecule has 0 heterocycles. The first kappa shape index (κ1) is 13.8. The molecule has 17 heavy (non-hydrogen) atoms. The van der Waals surface area contributed by atoms with Crippen LogP contribution in [0, 0.1) is 0 Å². The standard InChI is InChI=1S/C11H11ClF3NO/c12-7-8-1-3-9(4-2-8)10(17)16-6-5-11(13,14)15/h1-4H,5-7H2,(H,16,17). The number of halogens is 4. The number of benzene rings is 1. The Balaban J connectivity index is 2.47. The van der Waals surface area contributed by atoms with Crippen molar-refractivity contribution in [3.63, 3.8) is 0 Å². The molecule has 0 atom stereocenters. The molecule has 0 radical (unpaired) electrons. The lowest BCUT2D eigenvalue weighted by Crippen LogP contribution is -2.27. The van der Waals surface area contributed by atoms with Crippen LogP contribution in [0.3, 0.4) is 0 Å². The Bertz CT molecular complexity index is 375. The second kappa shape index (κ2) is 5.91. The van der Waals surface area contributed by atoms with Crippen LogP contribution in [0.1, 0.15) is 22.3 Å². The molecule has 0 saturated carbocycles. The van der Waals surface area contributed by atoms with E-state index in [1.54, 1.807) is 12.1 Å². The minimum atomic E-state index is -4.25. The molecule has 0 aliphatic carbocycles. The first-order valence-electron chi connectivity index (χ1n) is 4.92. The number of carbonyl (C=O) groups is 1. The van der Waals surface area contributed by atoms with Gasteiger partial charge < -0.3 is 5.32 Å². The molecule has 1 aromatic carbocycles. The van der Waals surface area contributed by atoms with E-state index in [0.29, 0.717) is 11.4 Å². The Morgan fingerprint density at radius 3 is 2.29 bits per heavy atom. The maximum atomic E-state index is 11.8. The molecule has 0 aromatic heterocycles. The van der Waals surface area contributed by atoms with E-state index < -0.39 is 25.0 Å². The summed E-state index contributed by atoms with van der Waals surface area (Å²) in [4.78, 5) is 11.4. The zero-order valence-electron chi connectivity index (χ0n) is 8.85. The fourth-order valence-corrected chi connectivity index (χ4v) is 1.34. The van der Waals surface area contributed by atoms with Crippen molar-refractivity contribution in [1.29, 1.82) is 0 Å². The Morgan fingerprint density at radius 2 is 1.82 bits per heavy atom. The molecule has 2 nitrogen and oxygen atoms in total. The summed E-state index contributed by atoms with van der Waals surface area (Å²) >= 11 is 5.57. The summed E-state index contributed by atoms with van der Waals surface area (Å²) in [6.45, 7) is -0.417. The second-order valence-electron chi connectivity index (χ2n) is 3.45. The van der Waals surface area contributed by atoms with E-state index in [4.69, 9.17) is 11.6 Å². The zero-order valence-corrected chi connectivity index (χ0v) is 9.61. The summed E-state index contributed by atoms with van der Waals surface area (Å²) in [6, 6.07) is 6.37. The van der Waals surface area contributed by atoms with Crippen LogP contribution in [-0.4, -0.2) is 18.6 Å². The van der Waals surface area contributed by atoms with Crippen LogP contribution in [0.15, 0.2) is 24.3 Å². The van der Waals surface area contributed by atoms with Gasteiger partial charge in [0.25, 0.3) is 5.91 Å². The highest BCUT2D eigenvalue weighted by Gasteiger charge is 2.26. The molecule has 1 N–H and O–H groups in total. The first-order chi connectivity index (χ1) is 7.92. The van der Waals surface area contributed by atoms with Gasteiger partial charge >= 0.3 is 6.18 Å². The molecule has 0 spiro atoms. The average Bonchev–Trinajstić information content (AvgIpc) is 2.27. The largest absolute Gasteiger partial charge is 0.390 e. The van der Waals surface area contributed by atoms with Gasteiger partial charge in [-0.1, -0.05) is 12.1 Å². The van der Waals surface area contributed by atoms with Crippen molar-refractivity contribution < 1.29 is 18.0 Å². The third-order valence-corrected chi connectivity index (χ3v) is 2.37. The van der Waals surface area contributed by atoms with Crippen molar-refractivity contribution in [3.05, 3.63) is 35.4 Å². The van der Waals surface area contributed by atoms with E-state index in [9.17, 15) is 18.0 Å². The van der Waals surface area contributed by atoms with Crippen LogP contribution >= 0.6 is 11.6 Å². The van der Waals surface area contributed by atoms with Crippen LogP contribution in [0.2, 0.25) is 0 Å². The van der Waals surface area contributed by atoms with E-state index >= 15 is 0 Å². The molecule has 6 heteroatoms. The number of hydrogen-bond acceptors (Lipinski definition) is 1. The van der Waals surface area contributed by atoms with E-state index in [-0.39, 0.29) is 0 Å². The Hall–Kier alpha value is -1.23. The van der Waals surface area contributed by atoms with Crippen LogP contribution < -0.4 is 5.32 Å². The molecule has 0 bridgehead atoms. The van der Waals surface area contributed by atoms with Crippen LogP contribution in [0.25, 0.3) is 0 Å². The number of alkyl halides is 4. The number of rotatable bonds is 4. The Morgan fingerprint density at radius 1 is 1.24 bits per heavy atom. The molecule has 0 unspecified atom stereocenters. The molecule has 0 aliphatic heterocycles. The quantitative estimate of drug-likeness (QED) is 0.833. The van der Waals surface area contributed by atoms with Gasteiger partial charge in [0.1, 0.15) is 0 Å². The summed E-state index contributed by atoms with van der Waals surface area (Å²) < 4.78 is 35.5. The number of carbonyl (C=O) groups excluding carboxylic acids is 1. The molecule has 1 rings (SSSR count). The number of hydrogen-bond donors (Lipinski definition) is 1. The van der Waals surface area contributed by atoms with E-state index in [2.05, 4.69) is 5.32 Å². The minimum absolute atomic E-state index is 0.320. The molecular formula is C11H11ClF3NO. The van der Waals surface area contributed by atoms with Gasteiger partial charge in [0.15, 0.2) is 0 Å². The van der Waals surface area contributed by atoms with Gasteiger partial charge in [-0.15, -0.1) is 11.6 Å². The predicted molar refractivity (Wildman–Crippen MR) is 59.0 cm³/mol. The molecule has 0 saturated heterocycles. The summed E-state index contributed by atoms with van der Waals surface area (Å²) in [6.07, 6.45) is -5.28. The highest BCUT2D eigenvalue weighted by atomic mass is 35.5. The van der Waals surface area contributed by atoms with E-state index in [1.165, 1.54) is 12.1 Å².